The lowest BCUT2D eigenvalue weighted by molar-refractivity contribution is -0.124. The van der Waals surface area contributed by atoms with E-state index in [1.807, 2.05) is 42.8 Å². The molecule has 1 amide bonds. The Morgan fingerprint density at radius 2 is 1.51 bits per heavy atom. The summed E-state index contributed by atoms with van der Waals surface area (Å²) in [5.74, 6) is 0.725. The van der Waals surface area contributed by atoms with Crippen molar-refractivity contribution in [2.24, 2.45) is 23.5 Å². The number of nitriles is 1. The number of likely N-dealkylation sites (tertiary alicyclic amines) is 2. The first-order chi connectivity index (χ1) is 34.3. The van der Waals surface area contributed by atoms with Crippen LogP contribution in [0.15, 0.2) is 48.8 Å². The molecule has 374 valence electrons. The number of nitrogens with two attached hydrogens (primary N) is 1. The maximum atomic E-state index is 13.5. The molecule has 7 unspecified atom stereocenters. The van der Waals surface area contributed by atoms with E-state index < -0.39 is 17.9 Å². The molecule has 10 rings (SSSR count). The van der Waals surface area contributed by atoms with Gasteiger partial charge in [-0.1, -0.05) is 46.9 Å². The molecule has 4 N–H and O–H groups in total. The molecule has 4 aliphatic rings. The lowest BCUT2D eigenvalue weighted by Gasteiger charge is -2.43. The summed E-state index contributed by atoms with van der Waals surface area (Å²) in [6.07, 6.45) is 9.42. The van der Waals surface area contributed by atoms with Gasteiger partial charge in [-0.25, -0.2) is 29.3 Å². The van der Waals surface area contributed by atoms with Crippen molar-refractivity contribution in [3.63, 3.8) is 0 Å². The summed E-state index contributed by atoms with van der Waals surface area (Å²) in [7, 11) is 0. The second-order valence-corrected chi connectivity index (χ2v) is 21.5. The summed E-state index contributed by atoms with van der Waals surface area (Å²) in [5.41, 5.74) is 12.4. The lowest BCUT2D eigenvalue weighted by atomic mass is 9.89. The zero-order valence-corrected chi connectivity index (χ0v) is 42.6. The number of primary amides is 1. The number of benzene rings is 2. The number of rotatable bonds is 13. The van der Waals surface area contributed by atoms with Crippen molar-refractivity contribution in [2.75, 3.05) is 68.8 Å². The maximum absolute atomic E-state index is 13.5. The molecule has 4 saturated heterocycles. The van der Waals surface area contributed by atoms with Gasteiger partial charge in [-0.3, -0.25) is 14.6 Å². The van der Waals surface area contributed by atoms with Crippen LogP contribution in [0, 0.1) is 42.9 Å². The van der Waals surface area contributed by atoms with E-state index in [-0.39, 0.29) is 43.0 Å². The number of amides is 1. The Bertz CT molecular complexity index is 2970. The minimum atomic E-state index is -0.567. The summed E-state index contributed by atoms with van der Waals surface area (Å²) in [6, 6.07) is 12.9. The predicted molar refractivity (Wildman–Crippen MR) is 275 cm³/mol. The van der Waals surface area contributed by atoms with Gasteiger partial charge < -0.3 is 25.7 Å². The van der Waals surface area contributed by atoms with E-state index in [2.05, 4.69) is 32.6 Å². The fraction of sp³-hybridized carbons (Fsp3) is 0.529. The second-order valence-electron chi connectivity index (χ2n) is 20.2. The molecule has 4 aromatic heterocycles. The van der Waals surface area contributed by atoms with Gasteiger partial charge in [-0.15, -0.1) is 0 Å². The van der Waals surface area contributed by atoms with Crippen molar-refractivity contribution in [1.29, 1.82) is 5.26 Å². The Morgan fingerprint density at radius 3 is 2.20 bits per heavy atom. The fourth-order valence-electron chi connectivity index (χ4n) is 12.2. The van der Waals surface area contributed by atoms with Gasteiger partial charge in [0.15, 0.2) is 17.0 Å². The molecule has 17 nitrogen and oxygen atoms in total. The highest BCUT2D eigenvalue weighted by Crippen LogP contribution is 2.41. The Kier molecular flexibility index (Phi) is 14.4. The van der Waals surface area contributed by atoms with Gasteiger partial charge in [-0.2, -0.15) is 15.5 Å². The third-order valence-electron chi connectivity index (χ3n) is 15.8. The average molecular weight is 1020 g/mol. The van der Waals surface area contributed by atoms with Gasteiger partial charge in [0.1, 0.15) is 28.7 Å². The lowest BCUT2D eigenvalue weighted by Crippen LogP contribution is -2.57. The molecule has 7 atom stereocenters. The van der Waals surface area contributed by atoms with Crippen LogP contribution >= 0.6 is 34.8 Å². The highest BCUT2D eigenvalue weighted by atomic mass is 35.5. The van der Waals surface area contributed by atoms with Crippen molar-refractivity contribution in [3.8, 4) is 6.07 Å². The first-order valence-electron chi connectivity index (χ1n) is 24.9. The number of anilines is 2. The molecule has 71 heavy (non-hydrogen) atoms. The van der Waals surface area contributed by atoms with Crippen LogP contribution < -0.4 is 15.5 Å². The number of carbonyl (C=O) groups is 1. The van der Waals surface area contributed by atoms with Gasteiger partial charge in [0.05, 0.1) is 42.7 Å². The number of fused-ring (bicyclic) bond motifs is 2. The third kappa shape index (κ3) is 9.77. The molecular weight excluding hydrogens is 963 g/mol. The van der Waals surface area contributed by atoms with Crippen LogP contribution in [0.3, 0.4) is 0 Å². The Hall–Kier alpha value is -5.19. The van der Waals surface area contributed by atoms with Crippen LogP contribution in [0.2, 0.25) is 15.1 Å². The molecule has 0 radical (unpaired) electrons. The summed E-state index contributed by atoms with van der Waals surface area (Å²) >= 11 is 19.8. The normalized spacial score (nSPS) is 23.7. The molecule has 0 bridgehead atoms. The van der Waals surface area contributed by atoms with Gasteiger partial charge in [-0.05, 0) is 125 Å². The highest BCUT2D eigenvalue weighted by Gasteiger charge is 2.45. The molecule has 20 heteroatoms. The first-order valence-corrected chi connectivity index (χ1v) is 26.0. The van der Waals surface area contributed by atoms with E-state index in [0.717, 1.165) is 80.1 Å². The van der Waals surface area contributed by atoms with Crippen LogP contribution in [-0.4, -0.2) is 143 Å². The molecular formula is C51H61Cl3N14O3. The third-order valence-corrected chi connectivity index (χ3v) is 16.6. The zero-order valence-electron chi connectivity index (χ0n) is 40.4. The van der Waals surface area contributed by atoms with Gasteiger partial charge >= 0.3 is 0 Å². The smallest absolute Gasteiger partial charge is 0.223 e. The van der Waals surface area contributed by atoms with Crippen LogP contribution in [0.25, 0.3) is 22.3 Å². The van der Waals surface area contributed by atoms with Crippen LogP contribution in [-0.2, 0) is 4.79 Å². The topological polar surface area (TPSA) is 208 Å². The van der Waals surface area contributed by atoms with Gasteiger partial charge in [0, 0.05) is 79.1 Å². The second kappa shape index (κ2) is 20.7. The molecule has 4 aliphatic heterocycles. The molecule has 4 fully saturated rings. The van der Waals surface area contributed by atoms with Gasteiger partial charge in [0.25, 0.3) is 0 Å². The number of aliphatic hydroxyl groups excluding tert-OH is 2. The summed E-state index contributed by atoms with van der Waals surface area (Å²) in [5, 5.41) is 42.6. The van der Waals surface area contributed by atoms with Crippen molar-refractivity contribution in [2.45, 2.75) is 95.9 Å². The predicted octanol–water partition coefficient (Wildman–Crippen LogP) is 6.74. The number of aromatic nitrogens is 8. The van der Waals surface area contributed by atoms with Crippen molar-refractivity contribution in [1.82, 2.24) is 49.3 Å². The average Bonchev–Trinajstić information content (AvgIpc) is 4.07. The SMILES string of the molecule is Cc1cc(Cl)ccc1C(C)n1nc(C)c2ncc(N3CCC(N4CC(CC(c5ccc(Cl)cc5Cl)n5nc(C#N)c6ncc(N7CCC(N8CCCC(CO)C8)CC7)nc65)CC4CO)C(C(N)=O)C3)nc21. The van der Waals surface area contributed by atoms with E-state index in [1.165, 1.54) is 0 Å². The van der Waals surface area contributed by atoms with Crippen LogP contribution in [0.4, 0.5) is 11.6 Å². The molecule has 6 aromatic rings. The number of hydrogen-bond donors (Lipinski definition) is 3. The number of aryl methyl sites for hydroxylation is 2. The van der Waals surface area contributed by atoms with E-state index in [9.17, 15) is 20.3 Å². The molecule has 0 aliphatic carbocycles. The first kappa shape index (κ1) is 49.4. The van der Waals surface area contributed by atoms with E-state index in [4.69, 9.17) is 70.7 Å². The molecule has 0 saturated carbocycles. The van der Waals surface area contributed by atoms with Crippen LogP contribution in [0.1, 0.15) is 92.0 Å². The van der Waals surface area contributed by atoms with E-state index in [0.29, 0.717) is 94.1 Å². The summed E-state index contributed by atoms with van der Waals surface area (Å²) < 4.78 is 3.71. The highest BCUT2D eigenvalue weighted by molar-refractivity contribution is 6.35. The van der Waals surface area contributed by atoms with Crippen molar-refractivity contribution >= 4 is 74.7 Å². The van der Waals surface area contributed by atoms with E-state index in [1.54, 1.807) is 29.2 Å². The monoisotopic (exact) mass is 1020 g/mol. The Morgan fingerprint density at radius 1 is 0.817 bits per heavy atom. The minimum Gasteiger partial charge on any atom is -0.396 e. The number of hydrogen-bond acceptors (Lipinski definition) is 14. The molecule has 8 heterocycles. The van der Waals surface area contributed by atoms with Gasteiger partial charge in [0.2, 0.25) is 5.91 Å². The zero-order chi connectivity index (χ0) is 49.7. The van der Waals surface area contributed by atoms with Crippen molar-refractivity contribution in [3.05, 3.63) is 91.9 Å². The van der Waals surface area contributed by atoms with E-state index >= 15 is 0 Å². The van der Waals surface area contributed by atoms with Crippen LogP contribution in [0.5, 0.6) is 0 Å². The number of aliphatic hydroxyl groups is 2. The number of nitrogens with zero attached hydrogens (tertiary/aromatic N) is 13. The summed E-state index contributed by atoms with van der Waals surface area (Å²) in [4.78, 5) is 42.7. The molecule has 0 spiro atoms. The fourth-order valence-corrected chi connectivity index (χ4v) is 12.9. The Labute approximate surface area is 428 Å². The van der Waals surface area contributed by atoms with Crippen molar-refractivity contribution < 1.29 is 15.0 Å². The Balaban J connectivity index is 0.897. The quantitative estimate of drug-likeness (QED) is 0.110. The minimum absolute atomic E-state index is 0.0127. The maximum Gasteiger partial charge on any atom is 0.223 e. The number of halogens is 3. The summed E-state index contributed by atoms with van der Waals surface area (Å²) in [6.45, 7) is 11.3. The molecule has 2 aromatic carbocycles. The largest absolute Gasteiger partial charge is 0.396 e. The number of carbonyl (C=O) groups excluding carboxylic acids is 1. The standard InChI is InChI=1S/C51H61Cl3N14O3/c1-29-17-34(52)6-8-38(29)31(3)67-50-47(30(2)61-67)57-23-46(60-50)65-16-12-43(40(26-65)49(56)71)66-25-33(18-37(66)28-70)19-44(39-9-7-35(53)20-41(39)54)68-51-48(42(21-55)62-68)58-22-45(59-51)63-14-10-36(11-15-63)64-13-4-5-32(24-64)27-69/h6-9,17,20,22-23,31-33,36-37,40,43-44,69-70H,4-5,10-16,18-19,24-28H2,1-3H3,(H2,56,71). The number of piperidine rings is 3.